The molecule has 5 atom stereocenters. The molecule has 1 unspecified atom stereocenters. The van der Waals surface area contributed by atoms with Gasteiger partial charge in [0.15, 0.2) is 5.78 Å². The number of carbonyl (C=O) groups is 2. The molecular formula is C20H28O3. The summed E-state index contributed by atoms with van der Waals surface area (Å²) in [5.74, 6) is 2.59. The minimum Gasteiger partial charge on any atom is -0.384 e. The van der Waals surface area contributed by atoms with Gasteiger partial charge < -0.3 is 4.74 Å². The van der Waals surface area contributed by atoms with E-state index < -0.39 is 0 Å². The topological polar surface area (TPSA) is 43.4 Å². The number of hydrogen-bond donors (Lipinski definition) is 0. The standard InChI is InChI=1S/C20H28O3/c1-19-9-8-17-15(16(19)5-6-18(19)22)4-3-13-11-14(21)7-10-20(13,17)12-23-2/h11,15-17H,3-10,12H2,1-2H3/t15-,16-,17-,19?,20+/m0/s1. The predicted octanol–water partition coefficient (Wildman–Crippen LogP) is 3.71. The van der Waals surface area contributed by atoms with Crippen molar-refractivity contribution in [2.24, 2.45) is 28.6 Å². The molecule has 3 nitrogen and oxygen atoms in total. The zero-order valence-electron chi connectivity index (χ0n) is 14.4. The maximum atomic E-state index is 12.5. The average Bonchev–Trinajstić information content (AvgIpc) is 2.84. The molecule has 126 valence electrons. The second kappa shape index (κ2) is 5.27. The third-order valence-electron chi connectivity index (χ3n) is 7.80. The highest BCUT2D eigenvalue weighted by Crippen LogP contribution is 2.64. The normalized spacial score (nSPS) is 46.0. The van der Waals surface area contributed by atoms with Gasteiger partial charge >= 0.3 is 0 Å². The number of rotatable bonds is 2. The molecule has 0 aromatic heterocycles. The van der Waals surface area contributed by atoms with Gasteiger partial charge in [-0.3, -0.25) is 9.59 Å². The summed E-state index contributed by atoms with van der Waals surface area (Å²) >= 11 is 0. The Balaban J connectivity index is 1.72. The van der Waals surface area contributed by atoms with Crippen molar-refractivity contribution in [3.05, 3.63) is 11.6 Å². The lowest BCUT2D eigenvalue weighted by atomic mass is 9.47. The highest BCUT2D eigenvalue weighted by molar-refractivity contribution is 5.91. The fraction of sp³-hybridized carbons (Fsp3) is 0.800. The molecule has 0 spiro atoms. The first-order valence-electron chi connectivity index (χ1n) is 9.27. The number of fused-ring (bicyclic) bond motifs is 5. The van der Waals surface area contributed by atoms with E-state index in [1.807, 2.05) is 6.08 Å². The summed E-state index contributed by atoms with van der Waals surface area (Å²) in [6.45, 7) is 2.96. The Morgan fingerprint density at radius 3 is 2.70 bits per heavy atom. The molecule has 0 aromatic carbocycles. The van der Waals surface area contributed by atoms with Crippen molar-refractivity contribution in [1.29, 1.82) is 0 Å². The highest BCUT2D eigenvalue weighted by atomic mass is 16.5. The molecule has 4 aliphatic rings. The monoisotopic (exact) mass is 316 g/mol. The van der Waals surface area contributed by atoms with Crippen LogP contribution >= 0.6 is 0 Å². The maximum absolute atomic E-state index is 12.5. The van der Waals surface area contributed by atoms with Crippen LogP contribution in [0.4, 0.5) is 0 Å². The van der Waals surface area contributed by atoms with Gasteiger partial charge in [0.25, 0.3) is 0 Å². The van der Waals surface area contributed by atoms with E-state index in [2.05, 4.69) is 6.92 Å². The molecule has 0 radical (unpaired) electrons. The third-order valence-corrected chi connectivity index (χ3v) is 7.80. The lowest BCUT2D eigenvalue weighted by molar-refractivity contribution is -0.134. The molecular weight excluding hydrogens is 288 g/mol. The van der Waals surface area contributed by atoms with Crippen molar-refractivity contribution in [3.63, 3.8) is 0 Å². The van der Waals surface area contributed by atoms with Crippen LogP contribution in [0.1, 0.15) is 58.3 Å². The maximum Gasteiger partial charge on any atom is 0.155 e. The molecule has 4 aliphatic carbocycles. The van der Waals surface area contributed by atoms with Gasteiger partial charge in [-0.05, 0) is 62.4 Å². The first kappa shape index (κ1) is 15.6. The van der Waals surface area contributed by atoms with Crippen LogP contribution in [0.2, 0.25) is 0 Å². The van der Waals surface area contributed by atoms with Crippen molar-refractivity contribution in [2.75, 3.05) is 13.7 Å². The van der Waals surface area contributed by atoms with Crippen LogP contribution in [0.3, 0.4) is 0 Å². The van der Waals surface area contributed by atoms with E-state index in [4.69, 9.17) is 4.74 Å². The van der Waals surface area contributed by atoms with E-state index in [1.165, 1.54) is 5.57 Å². The van der Waals surface area contributed by atoms with E-state index in [1.54, 1.807) is 7.11 Å². The Bertz CT molecular complexity index is 577. The van der Waals surface area contributed by atoms with Crippen molar-refractivity contribution < 1.29 is 14.3 Å². The van der Waals surface area contributed by atoms with E-state index >= 15 is 0 Å². The molecule has 3 fully saturated rings. The first-order valence-corrected chi connectivity index (χ1v) is 9.27. The molecule has 23 heavy (non-hydrogen) atoms. The van der Waals surface area contributed by atoms with Crippen molar-refractivity contribution >= 4 is 11.6 Å². The largest absolute Gasteiger partial charge is 0.384 e. The number of methoxy groups -OCH3 is 1. The van der Waals surface area contributed by atoms with Gasteiger partial charge in [-0.1, -0.05) is 12.5 Å². The Morgan fingerprint density at radius 1 is 1.09 bits per heavy atom. The van der Waals surface area contributed by atoms with Crippen molar-refractivity contribution in [3.8, 4) is 0 Å². The molecule has 0 amide bonds. The lowest BCUT2D eigenvalue weighted by Crippen LogP contribution is -2.53. The smallest absolute Gasteiger partial charge is 0.155 e. The Morgan fingerprint density at radius 2 is 1.91 bits per heavy atom. The van der Waals surface area contributed by atoms with E-state index in [-0.39, 0.29) is 10.8 Å². The van der Waals surface area contributed by atoms with Crippen LogP contribution in [0.25, 0.3) is 0 Å². The number of Topliss-reactive ketones (excluding diaryl/α,β-unsaturated/α-hetero) is 1. The minimum absolute atomic E-state index is 0.0680. The summed E-state index contributed by atoms with van der Waals surface area (Å²) in [6.07, 6.45) is 9.75. The average molecular weight is 316 g/mol. The number of ether oxygens (including phenoxy) is 1. The Hall–Kier alpha value is -0.960. The van der Waals surface area contributed by atoms with E-state index in [0.29, 0.717) is 35.7 Å². The summed E-state index contributed by atoms with van der Waals surface area (Å²) in [4.78, 5) is 24.4. The summed E-state index contributed by atoms with van der Waals surface area (Å²) in [5, 5.41) is 0. The summed E-state index contributed by atoms with van der Waals surface area (Å²) in [6, 6.07) is 0. The SMILES string of the molecule is COC[C@]12CCC(=O)C=C1CC[C@H]1[C@@H]3CCC(=O)C3(C)CC[C@@H]12. The second-order valence-electron chi connectivity index (χ2n) is 8.56. The molecule has 0 aromatic rings. The van der Waals surface area contributed by atoms with Crippen LogP contribution in [0, 0.1) is 28.6 Å². The van der Waals surface area contributed by atoms with Gasteiger partial charge in [-0.15, -0.1) is 0 Å². The molecule has 0 N–H and O–H groups in total. The molecule has 0 aliphatic heterocycles. The van der Waals surface area contributed by atoms with Gasteiger partial charge in [0.2, 0.25) is 0 Å². The zero-order valence-corrected chi connectivity index (χ0v) is 14.4. The molecule has 0 saturated heterocycles. The van der Waals surface area contributed by atoms with Crippen molar-refractivity contribution in [2.45, 2.75) is 58.3 Å². The zero-order chi connectivity index (χ0) is 16.2. The van der Waals surface area contributed by atoms with Crippen LogP contribution in [-0.4, -0.2) is 25.3 Å². The van der Waals surface area contributed by atoms with Gasteiger partial charge in [0, 0.05) is 30.8 Å². The van der Waals surface area contributed by atoms with Crippen molar-refractivity contribution in [1.82, 2.24) is 0 Å². The minimum atomic E-state index is -0.0683. The van der Waals surface area contributed by atoms with Gasteiger partial charge in [-0.25, -0.2) is 0 Å². The molecule has 3 heteroatoms. The van der Waals surface area contributed by atoms with Gasteiger partial charge in [0.05, 0.1) is 6.61 Å². The second-order valence-corrected chi connectivity index (χ2v) is 8.56. The van der Waals surface area contributed by atoms with Crippen LogP contribution in [-0.2, 0) is 14.3 Å². The molecule has 0 heterocycles. The fourth-order valence-electron chi connectivity index (χ4n) is 6.66. The number of ketones is 2. The van der Waals surface area contributed by atoms with E-state index in [0.717, 1.165) is 51.6 Å². The Kier molecular flexibility index (Phi) is 3.57. The van der Waals surface area contributed by atoms with E-state index in [9.17, 15) is 9.59 Å². The van der Waals surface area contributed by atoms with Crippen LogP contribution in [0.5, 0.6) is 0 Å². The fourth-order valence-corrected chi connectivity index (χ4v) is 6.66. The van der Waals surface area contributed by atoms with Gasteiger partial charge in [-0.2, -0.15) is 0 Å². The number of hydrogen-bond acceptors (Lipinski definition) is 3. The lowest BCUT2D eigenvalue weighted by Gasteiger charge is -2.57. The van der Waals surface area contributed by atoms with Crippen LogP contribution < -0.4 is 0 Å². The third kappa shape index (κ3) is 2.05. The molecule has 4 rings (SSSR count). The Labute approximate surface area is 138 Å². The predicted molar refractivity (Wildman–Crippen MR) is 87.9 cm³/mol. The first-order chi connectivity index (χ1) is 11.0. The van der Waals surface area contributed by atoms with Gasteiger partial charge in [0.1, 0.15) is 5.78 Å². The number of carbonyl (C=O) groups excluding carboxylic acids is 2. The van der Waals surface area contributed by atoms with Crippen LogP contribution in [0.15, 0.2) is 11.6 Å². The molecule has 0 bridgehead atoms. The molecule has 3 saturated carbocycles. The quantitative estimate of drug-likeness (QED) is 0.780. The summed E-state index contributed by atoms with van der Waals surface area (Å²) < 4.78 is 5.66. The summed E-state index contributed by atoms with van der Waals surface area (Å²) in [5.41, 5.74) is 1.35. The highest BCUT2D eigenvalue weighted by Gasteiger charge is 2.60. The summed E-state index contributed by atoms with van der Waals surface area (Å²) in [7, 11) is 1.79.